The summed E-state index contributed by atoms with van der Waals surface area (Å²) in [6, 6.07) is 15.2. The van der Waals surface area contributed by atoms with Crippen LogP contribution >= 0.6 is 0 Å². The van der Waals surface area contributed by atoms with E-state index < -0.39 is 11.6 Å². The molecule has 0 bridgehead atoms. The molecule has 7 nitrogen and oxygen atoms in total. The van der Waals surface area contributed by atoms with Crippen molar-refractivity contribution < 1.29 is 28.5 Å². The molecular formula is C26H31NO6. The Morgan fingerprint density at radius 2 is 1.88 bits per heavy atom. The molecule has 176 valence electrons. The fourth-order valence-electron chi connectivity index (χ4n) is 3.74. The van der Waals surface area contributed by atoms with E-state index in [-0.39, 0.29) is 6.42 Å². The Hall–Kier alpha value is -3.32. The predicted octanol–water partition coefficient (Wildman–Crippen LogP) is 5.09. The van der Waals surface area contributed by atoms with Crippen LogP contribution in [0.25, 0.3) is 11.5 Å². The average Bonchev–Trinajstić information content (AvgIpc) is 3.19. The zero-order valence-electron chi connectivity index (χ0n) is 19.6. The molecule has 0 saturated heterocycles. The maximum Gasteiger partial charge on any atom is 0.336 e. The topological polar surface area (TPSA) is 91.0 Å². The van der Waals surface area contributed by atoms with Crippen molar-refractivity contribution in [1.82, 2.24) is 4.98 Å². The number of aromatic nitrogens is 1. The number of carboxylic acid groups (broad SMARTS) is 1. The molecule has 7 heteroatoms. The summed E-state index contributed by atoms with van der Waals surface area (Å²) in [7, 11) is 1.57. The lowest BCUT2D eigenvalue weighted by Gasteiger charge is -2.28. The van der Waals surface area contributed by atoms with E-state index in [9.17, 15) is 9.90 Å². The molecule has 0 aliphatic carbocycles. The maximum absolute atomic E-state index is 11.9. The SMILES string of the molecule is CCOC(CC)(Cc1ccc(OC)c(OCCc2nc(-c3ccccc3)oc2C)c1)C(=O)O. The summed E-state index contributed by atoms with van der Waals surface area (Å²) >= 11 is 0. The minimum atomic E-state index is -1.27. The zero-order chi connectivity index (χ0) is 23.8. The Morgan fingerprint density at radius 3 is 2.52 bits per heavy atom. The third-order valence-corrected chi connectivity index (χ3v) is 5.61. The number of ether oxygens (including phenoxy) is 3. The van der Waals surface area contributed by atoms with E-state index in [4.69, 9.17) is 18.6 Å². The minimum absolute atomic E-state index is 0.232. The second-order valence-electron chi connectivity index (χ2n) is 7.73. The van der Waals surface area contributed by atoms with Gasteiger partial charge in [-0.2, -0.15) is 0 Å². The van der Waals surface area contributed by atoms with Crippen molar-refractivity contribution in [1.29, 1.82) is 0 Å². The summed E-state index contributed by atoms with van der Waals surface area (Å²) in [6.45, 7) is 6.19. The molecule has 0 amide bonds. The standard InChI is InChI=1S/C26H31NO6/c1-5-26(25(28)29,32-6-2)17-19-12-13-22(30-4)23(16-19)31-15-14-21-18(3)33-24(27-21)20-10-8-7-9-11-20/h7-13,16H,5-6,14-15,17H2,1-4H3,(H,28,29). The Balaban J connectivity index is 1.72. The van der Waals surface area contributed by atoms with Gasteiger partial charge in [0.05, 0.1) is 19.4 Å². The van der Waals surface area contributed by atoms with E-state index in [1.807, 2.05) is 56.3 Å². The molecule has 0 radical (unpaired) electrons. The third kappa shape index (κ3) is 5.73. The Bertz CT molecular complexity index is 1060. The van der Waals surface area contributed by atoms with Crippen molar-refractivity contribution in [2.45, 2.75) is 45.6 Å². The highest BCUT2D eigenvalue weighted by Crippen LogP contribution is 2.31. The molecule has 3 rings (SSSR count). The smallest absolute Gasteiger partial charge is 0.336 e. The van der Waals surface area contributed by atoms with Gasteiger partial charge in [0, 0.05) is 25.0 Å². The number of nitrogens with zero attached hydrogens (tertiary/aromatic N) is 1. The number of carbonyl (C=O) groups is 1. The molecule has 1 unspecified atom stereocenters. The number of methoxy groups -OCH3 is 1. The van der Waals surface area contributed by atoms with Crippen molar-refractivity contribution in [3.63, 3.8) is 0 Å². The number of aryl methyl sites for hydroxylation is 1. The van der Waals surface area contributed by atoms with Crippen LogP contribution in [-0.4, -0.2) is 42.0 Å². The van der Waals surface area contributed by atoms with Gasteiger partial charge in [-0.15, -0.1) is 0 Å². The monoisotopic (exact) mass is 453 g/mol. The van der Waals surface area contributed by atoms with Gasteiger partial charge in [-0.25, -0.2) is 9.78 Å². The highest BCUT2D eigenvalue weighted by molar-refractivity contribution is 5.78. The molecule has 0 aliphatic heterocycles. The first-order valence-electron chi connectivity index (χ1n) is 11.1. The van der Waals surface area contributed by atoms with Gasteiger partial charge in [-0.1, -0.05) is 31.2 Å². The summed E-state index contributed by atoms with van der Waals surface area (Å²) in [6.07, 6.45) is 1.14. The van der Waals surface area contributed by atoms with Crippen LogP contribution < -0.4 is 9.47 Å². The molecule has 1 aromatic heterocycles. The third-order valence-electron chi connectivity index (χ3n) is 5.61. The average molecular weight is 454 g/mol. The van der Waals surface area contributed by atoms with Crippen molar-refractivity contribution in [3.8, 4) is 23.0 Å². The first-order valence-corrected chi connectivity index (χ1v) is 11.1. The van der Waals surface area contributed by atoms with Gasteiger partial charge >= 0.3 is 5.97 Å². The first-order chi connectivity index (χ1) is 15.9. The molecule has 1 atom stereocenters. The highest BCUT2D eigenvalue weighted by atomic mass is 16.5. The van der Waals surface area contributed by atoms with E-state index in [1.165, 1.54) is 0 Å². The van der Waals surface area contributed by atoms with Crippen LogP contribution in [0, 0.1) is 6.92 Å². The van der Waals surface area contributed by atoms with Crippen molar-refractivity contribution in [3.05, 3.63) is 65.5 Å². The Morgan fingerprint density at radius 1 is 1.12 bits per heavy atom. The number of benzene rings is 2. The lowest BCUT2D eigenvalue weighted by molar-refractivity contribution is -0.166. The number of rotatable bonds is 12. The van der Waals surface area contributed by atoms with E-state index in [1.54, 1.807) is 20.1 Å². The van der Waals surface area contributed by atoms with Gasteiger partial charge in [0.1, 0.15) is 5.76 Å². The quantitative estimate of drug-likeness (QED) is 0.408. The Labute approximate surface area is 194 Å². The zero-order valence-corrected chi connectivity index (χ0v) is 19.6. The van der Waals surface area contributed by atoms with Crippen molar-refractivity contribution >= 4 is 5.97 Å². The van der Waals surface area contributed by atoms with Gasteiger partial charge in [0.15, 0.2) is 17.1 Å². The van der Waals surface area contributed by atoms with Crippen molar-refractivity contribution in [2.24, 2.45) is 0 Å². The summed E-state index contributed by atoms with van der Waals surface area (Å²) < 4.78 is 22.9. The number of hydrogen-bond acceptors (Lipinski definition) is 6. The first kappa shape index (κ1) is 24.3. The normalized spacial score (nSPS) is 12.8. The van der Waals surface area contributed by atoms with Crippen LogP contribution in [0.2, 0.25) is 0 Å². The van der Waals surface area contributed by atoms with Crippen LogP contribution in [0.4, 0.5) is 0 Å². The van der Waals surface area contributed by atoms with E-state index >= 15 is 0 Å². The number of aliphatic carboxylic acids is 1. The summed E-state index contributed by atoms with van der Waals surface area (Å²) in [5.74, 6) is 1.49. The van der Waals surface area contributed by atoms with Gasteiger partial charge in [0.2, 0.25) is 5.89 Å². The van der Waals surface area contributed by atoms with Gasteiger partial charge in [-0.05, 0) is 50.1 Å². The van der Waals surface area contributed by atoms with Crippen LogP contribution in [0.3, 0.4) is 0 Å². The van der Waals surface area contributed by atoms with Gasteiger partial charge in [-0.3, -0.25) is 0 Å². The molecule has 2 aromatic carbocycles. The molecular weight excluding hydrogens is 422 g/mol. The van der Waals surface area contributed by atoms with E-state index in [0.717, 1.165) is 22.6 Å². The second-order valence-corrected chi connectivity index (χ2v) is 7.73. The van der Waals surface area contributed by atoms with Crippen LogP contribution in [0.15, 0.2) is 52.9 Å². The van der Waals surface area contributed by atoms with E-state index in [0.29, 0.717) is 43.4 Å². The Kier molecular flexibility index (Phi) is 8.11. The molecule has 1 heterocycles. The van der Waals surface area contributed by atoms with E-state index in [2.05, 4.69) is 4.98 Å². The fourth-order valence-corrected chi connectivity index (χ4v) is 3.74. The maximum atomic E-state index is 11.9. The predicted molar refractivity (Wildman–Crippen MR) is 125 cm³/mol. The minimum Gasteiger partial charge on any atom is -0.493 e. The number of oxazole rings is 1. The van der Waals surface area contributed by atoms with Gasteiger partial charge < -0.3 is 23.7 Å². The molecule has 1 N–H and O–H groups in total. The second kappa shape index (κ2) is 11.0. The van der Waals surface area contributed by atoms with Crippen LogP contribution in [0.5, 0.6) is 11.5 Å². The largest absolute Gasteiger partial charge is 0.493 e. The summed E-state index contributed by atoms with van der Waals surface area (Å²) in [5.41, 5.74) is 1.28. The highest BCUT2D eigenvalue weighted by Gasteiger charge is 2.37. The van der Waals surface area contributed by atoms with Crippen molar-refractivity contribution in [2.75, 3.05) is 20.3 Å². The number of carboxylic acids is 1. The number of hydrogen-bond donors (Lipinski definition) is 1. The molecule has 0 fully saturated rings. The summed E-state index contributed by atoms with van der Waals surface area (Å²) in [5, 5.41) is 9.77. The molecule has 0 saturated carbocycles. The lowest BCUT2D eigenvalue weighted by Crippen LogP contribution is -2.43. The molecule has 33 heavy (non-hydrogen) atoms. The summed E-state index contributed by atoms with van der Waals surface area (Å²) in [4.78, 5) is 16.5. The molecule has 0 spiro atoms. The lowest BCUT2D eigenvalue weighted by atomic mass is 9.91. The van der Waals surface area contributed by atoms with Crippen LogP contribution in [0.1, 0.15) is 37.3 Å². The van der Waals surface area contributed by atoms with Gasteiger partial charge in [0.25, 0.3) is 0 Å². The molecule has 3 aromatic rings. The molecule has 0 aliphatic rings. The van der Waals surface area contributed by atoms with Crippen LogP contribution in [-0.2, 0) is 22.4 Å². The fraction of sp³-hybridized carbons (Fsp3) is 0.385.